The molecule has 0 saturated carbocycles. The van der Waals surface area contributed by atoms with Gasteiger partial charge < -0.3 is 9.73 Å². The average Bonchev–Trinajstić information content (AvgIpc) is 3.23. The minimum absolute atomic E-state index is 0.177. The zero-order chi connectivity index (χ0) is 20.2. The molecule has 4 rings (SSSR count). The van der Waals surface area contributed by atoms with Crippen molar-refractivity contribution in [2.45, 2.75) is 6.04 Å². The molecule has 0 unspecified atom stereocenters. The molecule has 0 aliphatic carbocycles. The number of aromatic nitrogens is 2. The predicted octanol–water partition coefficient (Wildman–Crippen LogP) is 5.05. The van der Waals surface area contributed by atoms with Crippen LogP contribution in [0.15, 0.2) is 83.3 Å². The molecule has 1 atom stereocenters. The normalized spacial score (nSPS) is 11.8. The van der Waals surface area contributed by atoms with Crippen molar-refractivity contribution in [1.82, 2.24) is 15.5 Å². The van der Waals surface area contributed by atoms with Crippen LogP contribution >= 0.6 is 11.6 Å². The van der Waals surface area contributed by atoms with Crippen molar-refractivity contribution < 1.29 is 13.6 Å². The first-order valence-corrected chi connectivity index (χ1v) is 9.19. The van der Waals surface area contributed by atoms with Gasteiger partial charge >= 0.3 is 0 Å². The minimum Gasteiger partial charge on any atom is -0.418 e. The molecular formula is C22H15ClFN3O2. The summed E-state index contributed by atoms with van der Waals surface area (Å²) in [6.45, 7) is 0. The first-order valence-electron chi connectivity index (χ1n) is 8.81. The van der Waals surface area contributed by atoms with Crippen LogP contribution in [0.2, 0.25) is 5.02 Å². The van der Waals surface area contributed by atoms with Crippen LogP contribution in [0, 0.1) is 5.82 Å². The Morgan fingerprint density at radius 3 is 2.34 bits per heavy atom. The van der Waals surface area contributed by atoms with E-state index < -0.39 is 11.9 Å². The molecule has 0 fully saturated rings. The first kappa shape index (κ1) is 18.8. The van der Waals surface area contributed by atoms with E-state index in [0.29, 0.717) is 22.0 Å². The molecule has 144 valence electrons. The van der Waals surface area contributed by atoms with Gasteiger partial charge in [0.15, 0.2) is 0 Å². The van der Waals surface area contributed by atoms with E-state index >= 15 is 0 Å². The summed E-state index contributed by atoms with van der Waals surface area (Å²) in [5.74, 6) is -0.305. The summed E-state index contributed by atoms with van der Waals surface area (Å²) in [4.78, 5) is 12.8. The summed E-state index contributed by atoms with van der Waals surface area (Å²) >= 11 is 6.14. The Morgan fingerprint density at radius 2 is 1.62 bits per heavy atom. The lowest BCUT2D eigenvalue weighted by Gasteiger charge is -2.16. The molecule has 0 bridgehead atoms. The highest BCUT2D eigenvalue weighted by atomic mass is 35.5. The molecular weight excluding hydrogens is 393 g/mol. The van der Waals surface area contributed by atoms with Gasteiger partial charge in [0.1, 0.15) is 11.9 Å². The molecule has 0 saturated heterocycles. The molecule has 4 aromatic rings. The Balaban J connectivity index is 1.70. The Labute approximate surface area is 171 Å². The molecule has 0 spiro atoms. The third kappa shape index (κ3) is 4.17. The number of benzene rings is 3. The van der Waals surface area contributed by atoms with Crippen LogP contribution < -0.4 is 5.32 Å². The van der Waals surface area contributed by atoms with E-state index in [1.54, 1.807) is 36.4 Å². The van der Waals surface area contributed by atoms with Crippen LogP contribution in [0.3, 0.4) is 0 Å². The van der Waals surface area contributed by atoms with Crippen LogP contribution in [0.4, 0.5) is 4.39 Å². The maximum atomic E-state index is 13.4. The van der Waals surface area contributed by atoms with Crippen molar-refractivity contribution in [1.29, 1.82) is 0 Å². The standard InChI is InChI=1S/C22H15ClFN3O2/c23-18-9-5-4-8-17(18)20(28)25-19(14-10-12-16(24)13-11-14)22-27-26-21(29-22)15-6-2-1-3-7-15/h1-13,19H,(H,25,28)/t19-/m0/s1. The van der Waals surface area contributed by atoms with Gasteiger partial charge in [-0.2, -0.15) is 0 Å². The maximum absolute atomic E-state index is 13.4. The Morgan fingerprint density at radius 1 is 0.931 bits per heavy atom. The summed E-state index contributed by atoms with van der Waals surface area (Å²) in [6, 6.07) is 20.9. The monoisotopic (exact) mass is 407 g/mol. The van der Waals surface area contributed by atoms with Crippen molar-refractivity contribution in [2.24, 2.45) is 0 Å². The number of carbonyl (C=O) groups excluding carboxylic acids is 1. The average molecular weight is 408 g/mol. The van der Waals surface area contributed by atoms with Gasteiger partial charge in [-0.3, -0.25) is 4.79 Å². The zero-order valence-electron chi connectivity index (χ0n) is 15.0. The molecule has 1 N–H and O–H groups in total. The van der Waals surface area contributed by atoms with E-state index in [2.05, 4.69) is 15.5 Å². The van der Waals surface area contributed by atoms with Crippen LogP contribution in [-0.2, 0) is 0 Å². The largest absolute Gasteiger partial charge is 0.418 e. The van der Waals surface area contributed by atoms with Gasteiger partial charge in [0.2, 0.25) is 11.8 Å². The van der Waals surface area contributed by atoms with Crippen molar-refractivity contribution in [3.05, 3.63) is 107 Å². The summed E-state index contributed by atoms with van der Waals surface area (Å²) in [5.41, 5.74) is 1.65. The van der Waals surface area contributed by atoms with Gasteiger partial charge in [0.05, 0.1) is 10.6 Å². The molecule has 0 aliphatic heterocycles. The molecule has 3 aromatic carbocycles. The second-order valence-electron chi connectivity index (χ2n) is 6.25. The van der Waals surface area contributed by atoms with E-state index in [1.807, 2.05) is 30.3 Å². The number of carbonyl (C=O) groups is 1. The number of halogens is 2. The van der Waals surface area contributed by atoms with Gasteiger partial charge in [-0.1, -0.05) is 54.1 Å². The lowest BCUT2D eigenvalue weighted by molar-refractivity contribution is 0.0938. The minimum atomic E-state index is -0.774. The van der Waals surface area contributed by atoms with Gasteiger partial charge in [-0.25, -0.2) is 4.39 Å². The third-order valence-corrected chi connectivity index (χ3v) is 4.64. The highest BCUT2D eigenvalue weighted by Crippen LogP contribution is 2.26. The van der Waals surface area contributed by atoms with E-state index in [4.69, 9.17) is 16.0 Å². The van der Waals surface area contributed by atoms with Crippen molar-refractivity contribution in [3.63, 3.8) is 0 Å². The molecule has 1 heterocycles. The lowest BCUT2D eigenvalue weighted by Crippen LogP contribution is -2.29. The van der Waals surface area contributed by atoms with Gasteiger partial charge in [-0.05, 0) is 42.0 Å². The predicted molar refractivity (Wildman–Crippen MR) is 107 cm³/mol. The quantitative estimate of drug-likeness (QED) is 0.502. The zero-order valence-corrected chi connectivity index (χ0v) is 15.8. The SMILES string of the molecule is O=C(N[C@@H](c1ccc(F)cc1)c1nnc(-c2ccccc2)o1)c1ccccc1Cl. The van der Waals surface area contributed by atoms with E-state index in [-0.39, 0.29) is 11.7 Å². The van der Waals surface area contributed by atoms with Gasteiger partial charge in [0, 0.05) is 5.56 Å². The molecule has 1 aromatic heterocycles. The Bertz CT molecular complexity index is 1130. The summed E-state index contributed by atoms with van der Waals surface area (Å²) in [5, 5.41) is 11.3. The number of nitrogens with zero attached hydrogens (tertiary/aromatic N) is 2. The smallest absolute Gasteiger partial charge is 0.253 e. The number of hydrogen-bond acceptors (Lipinski definition) is 4. The third-order valence-electron chi connectivity index (χ3n) is 4.31. The molecule has 0 aliphatic rings. The van der Waals surface area contributed by atoms with E-state index in [0.717, 1.165) is 5.56 Å². The van der Waals surface area contributed by atoms with Crippen LogP contribution in [-0.4, -0.2) is 16.1 Å². The second kappa shape index (κ2) is 8.24. The highest BCUT2D eigenvalue weighted by Gasteiger charge is 2.25. The molecule has 5 nitrogen and oxygen atoms in total. The highest BCUT2D eigenvalue weighted by molar-refractivity contribution is 6.33. The van der Waals surface area contributed by atoms with Crippen molar-refractivity contribution in [2.75, 3.05) is 0 Å². The van der Waals surface area contributed by atoms with E-state index in [1.165, 1.54) is 12.1 Å². The second-order valence-corrected chi connectivity index (χ2v) is 6.66. The molecule has 1 amide bonds. The fourth-order valence-corrected chi connectivity index (χ4v) is 3.07. The fourth-order valence-electron chi connectivity index (χ4n) is 2.85. The first-order chi connectivity index (χ1) is 14.1. The lowest BCUT2D eigenvalue weighted by atomic mass is 10.1. The van der Waals surface area contributed by atoms with Gasteiger partial charge in [-0.15, -0.1) is 10.2 Å². The van der Waals surface area contributed by atoms with Crippen LogP contribution in [0.5, 0.6) is 0 Å². The maximum Gasteiger partial charge on any atom is 0.253 e. The molecule has 0 radical (unpaired) electrons. The fraction of sp³-hybridized carbons (Fsp3) is 0.0455. The summed E-state index contributed by atoms with van der Waals surface area (Å²) in [6.07, 6.45) is 0. The van der Waals surface area contributed by atoms with Crippen LogP contribution in [0.1, 0.15) is 27.9 Å². The molecule has 29 heavy (non-hydrogen) atoms. The summed E-state index contributed by atoms with van der Waals surface area (Å²) in [7, 11) is 0. The number of nitrogens with one attached hydrogen (secondary N) is 1. The van der Waals surface area contributed by atoms with Crippen molar-refractivity contribution >= 4 is 17.5 Å². The number of rotatable bonds is 5. The number of hydrogen-bond donors (Lipinski definition) is 1. The topological polar surface area (TPSA) is 68.0 Å². The van der Waals surface area contributed by atoms with Crippen LogP contribution in [0.25, 0.3) is 11.5 Å². The van der Waals surface area contributed by atoms with Crippen molar-refractivity contribution in [3.8, 4) is 11.5 Å². The summed E-state index contributed by atoms with van der Waals surface area (Å²) < 4.78 is 19.2. The Hall–Kier alpha value is -3.51. The van der Waals surface area contributed by atoms with E-state index in [9.17, 15) is 9.18 Å². The van der Waals surface area contributed by atoms with Gasteiger partial charge in [0.25, 0.3) is 5.91 Å². The number of amides is 1. The molecule has 7 heteroatoms. The Kier molecular flexibility index (Phi) is 5.35.